The van der Waals surface area contributed by atoms with Gasteiger partial charge < -0.3 is 9.47 Å². The maximum absolute atomic E-state index is 5.42. The maximum atomic E-state index is 5.42. The van der Waals surface area contributed by atoms with Crippen LogP contribution >= 0.6 is 0 Å². The summed E-state index contributed by atoms with van der Waals surface area (Å²) in [6, 6.07) is 2.07. The van der Waals surface area contributed by atoms with Gasteiger partial charge in [-0.2, -0.15) is 5.10 Å². The molecule has 1 aromatic rings. The van der Waals surface area contributed by atoms with E-state index in [0.29, 0.717) is 19.8 Å². The fraction of sp³-hybridized carbons (Fsp3) is 0.727. The summed E-state index contributed by atoms with van der Waals surface area (Å²) in [4.78, 5) is 0. The summed E-state index contributed by atoms with van der Waals surface area (Å²) >= 11 is 0. The molecule has 0 radical (unpaired) electrons. The molecule has 1 rings (SSSR count). The molecule has 1 heterocycles. The third-order valence-corrected chi connectivity index (χ3v) is 2.13. The van der Waals surface area contributed by atoms with Crippen molar-refractivity contribution >= 4 is 0 Å². The van der Waals surface area contributed by atoms with Crippen LogP contribution in [0, 0.1) is 13.8 Å². The van der Waals surface area contributed by atoms with Crippen molar-refractivity contribution in [2.45, 2.75) is 27.3 Å². The van der Waals surface area contributed by atoms with Crippen LogP contribution in [0.1, 0.15) is 18.3 Å². The Balaban J connectivity index is 2.12. The number of hydrogen-bond acceptors (Lipinski definition) is 3. The Bertz CT molecular complexity index is 284. The Hall–Kier alpha value is -0.870. The fourth-order valence-electron chi connectivity index (χ4n) is 1.42. The van der Waals surface area contributed by atoms with Crippen molar-refractivity contribution in [3.8, 4) is 0 Å². The van der Waals surface area contributed by atoms with Crippen LogP contribution in [0.5, 0.6) is 0 Å². The first-order chi connectivity index (χ1) is 7.24. The van der Waals surface area contributed by atoms with Crippen molar-refractivity contribution in [2.24, 2.45) is 0 Å². The van der Waals surface area contributed by atoms with Crippen LogP contribution in [0.3, 0.4) is 0 Å². The Labute approximate surface area is 91.2 Å². The van der Waals surface area contributed by atoms with E-state index >= 15 is 0 Å². The molecule has 4 nitrogen and oxygen atoms in total. The van der Waals surface area contributed by atoms with Gasteiger partial charge in [-0.25, -0.2) is 0 Å². The molecule has 0 N–H and O–H groups in total. The summed E-state index contributed by atoms with van der Waals surface area (Å²) in [6.07, 6.45) is 0. The molecule has 0 amide bonds. The minimum absolute atomic E-state index is 0.660. The van der Waals surface area contributed by atoms with E-state index < -0.39 is 0 Å². The van der Waals surface area contributed by atoms with Gasteiger partial charge in [-0.1, -0.05) is 0 Å². The maximum Gasteiger partial charge on any atom is 0.0701 e. The molecule has 0 bridgehead atoms. The minimum Gasteiger partial charge on any atom is -0.379 e. The Morgan fingerprint density at radius 1 is 1.20 bits per heavy atom. The topological polar surface area (TPSA) is 36.3 Å². The highest BCUT2D eigenvalue weighted by atomic mass is 16.5. The number of rotatable bonds is 7. The van der Waals surface area contributed by atoms with Gasteiger partial charge in [-0.15, -0.1) is 0 Å². The van der Waals surface area contributed by atoms with E-state index in [1.807, 2.05) is 18.5 Å². The van der Waals surface area contributed by atoms with Crippen LogP contribution in [-0.2, 0) is 16.0 Å². The highest BCUT2D eigenvalue weighted by Crippen LogP contribution is 2.00. The van der Waals surface area contributed by atoms with Crippen molar-refractivity contribution in [1.82, 2.24) is 9.78 Å². The van der Waals surface area contributed by atoms with Crippen molar-refractivity contribution in [2.75, 3.05) is 26.4 Å². The summed E-state index contributed by atoms with van der Waals surface area (Å²) in [5.74, 6) is 0. The lowest BCUT2D eigenvalue weighted by Gasteiger charge is -2.06. The Morgan fingerprint density at radius 3 is 2.53 bits per heavy atom. The van der Waals surface area contributed by atoms with Gasteiger partial charge in [0.25, 0.3) is 0 Å². The molecule has 0 saturated carbocycles. The molecule has 0 aliphatic rings. The number of hydrogen-bond donors (Lipinski definition) is 0. The molecular formula is C11H20N2O2. The average Bonchev–Trinajstić information content (AvgIpc) is 2.51. The van der Waals surface area contributed by atoms with E-state index in [1.54, 1.807) is 0 Å². The minimum atomic E-state index is 0.660. The number of aromatic nitrogens is 2. The van der Waals surface area contributed by atoms with E-state index in [4.69, 9.17) is 9.47 Å². The summed E-state index contributed by atoms with van der Waals surface area (Å²) in [7, 11) is 0. The zero-order chi connectivity index (χ0) is 11.1. The van der Waals surface area contributed by atoms with Crippen molar-refractivity contribution in [3.63, 3.8) is 0 Å². The third kappa shape index (κ3) is 4.44. The van der Waals surface area contributed by atoms with E-state index in [1.165, 1.54) is 5.69 Å². The molecule has 1 aromatic heterocycles. The SMILES string of the molecule is CCOCCOCCn1nc(C)cc1C. The first kappa shape index (κ1) is 12.2. The summed E-state index contributed by atoms with van der Waals surface area (Å²) < 4.78 is 12.6. The van der Waals surface area contributed by atoms with Gasteiger partial charge in [-0.3, -0.25) is 4.68 Å². The molecule has 0 fully saturated rings. The normalized spacial score (nSPS) is 10.9. The summed E-state index contributed by atoms with van der Waals surface area (Å²) in [5.41, 5.74) is 2.24. The lowest BCUT2D eigenvalue weighted by molar-refractivity contribution is 0.0486. The van der Waals surface area contributed by atoms with Gasteiger partial charge in [0.1, 0.15) is 0 Å². The highest BCUT2D eigenvalue weighted by Gasteiger charge is 1.99. The molecule has 0 aliphatic heterocycles. The molecule has 86 valence electrons. The lowest BCUT2D eigenvalue weighted by atomic mass is 10.4. The van der Waals surface area contributed by atoms with E-state index in [2.05, 4.69) is 18.1 Å². The predicted octanol–water partition coefficient (Wildman–Crippen LogP) is 1.55. The molecule has 0 aliphatic carbocycles. The molecule has 0 aromatic carbocycles. The molecule has 0 atom stereocenters. The first-order valence-electron chi connectivity index (χ1n) is 5.40. The van der Waals surface area contributed by atoms with E-state index in [9.17, 15) is 0 Å². The van der Waals surface area contributed by atoms with Crippen LogP contribution in [0.2, 0.25) is 0 Å². The lowest BCUT2D eigenvalue weighted by Crippen LogP contribution is -2.11. The molecule has 0 unspecified atom stereocenters. The molecule has 0 saturated heterocycles. The quantitative estimate of drug-likeness (QED) is 0.643. The van der Waals surface area contributed by atoms with Crippen LogP contribution in [-0.4, -0.2) is 36.2 Å². The van der Waals surface area contributed by atoms with Crippen LogP contribution in [0.15, 0.2) is 6.07 Å². The van der Waals surface area contributed by atoms with Gasteiger partial charge in [0.2, 0.25) is 0 Å². The second kappa shape index (κ2) is 6.58. The third-order valence-electron chi connectivity index (χ3n) is 2.13. The smallest absolute Gasteiger partial charge is 0.0701 e. The zero-order valence-corrected chi connectivity index (χ0v) is 9.82. The summed E-state index contributed by atoms with van der Waals surface area (Å²) in [6.45, 7) is 9.62. The average molecular weight is 212 g/mol. The standard InChI is InChI=1S/C11H20N2O2/c1-4-14-7-8-15-6-5-13-11(3)9-10(2)12-13/h9H,4-8H2,1-3H3. The number of aryl methyl sites for hydroxylation is 2. The largest absolute Gasteiger partial charge is 0.379 e. The van der Waals surface area contributed by atoms with Gasteiger partial charge in [-0.05, 0) is 26.8 Å². The Kier molecular flexibility index (Phi) is 5.36. The first-order valence-corrected chi connectivity index (χ1v) is 5.40. The highest BCUT2D eigenvalue weighted by molar-refractivity contribution is 5.06. The van der Waals surface area contributed by atoms with Crippen LogP contribution in [0.4, 0.5) is 0 Å². The molecule has 4 heteroatoms. The van der Waals surface area contributed by atoms with Crippen molar-refractivity contribution in [1.29, 1.82) is 0 Å². The second-order valence-electron chi connectivity index (χ2n) is 3.46. The zero-order valence-electron chi connectivity index (χ0n) is 9.82. The monoisotopic (exact) mass is 212 g/mol. The van der Waals surface area contributed by atoms with Gasteiger partial charge >= 0.3 is 0 Å². The van der Waals surface area contributed by atoms with E-state index in [0.717, 1.165) is 18.8 Å². The number of ether oxygens (including phenoxy) is 2. The number of nitrogens with zero attached hydrogens (tertiary/aromatic N) is 2. The van der Waals surface area contributed by atoms with Gasteiger partial charge in [0.15, 0.2) is 0 Å². The van der Waals surface area contributed by atoms with Crippen LogP contribution < -0.4 is 0 Å². The van der Waals surface area contributed by atoms with Gasteiger partial charge in [0.05, 0.1) is 32.1 Å². The fourth-order valence-corrected chi connectivity index (χ4v) is 1.42. The van der Waals surface area contributed by atoms with Crippen LogP contribution in [0.25, 0.3) is 0 Å². The van der Waals surface area contributed by atoms with Gasteiger partial charge in [0, 0.05) is 12.3 Å². The second-order valence-corrected chi connectivity index (χ2v) is 3.46. The predicted molar refractivity (Wildman–Crippen MR) is 59.0 cm³/mol. The van der Waals surface area contributed by atoms with Crippen molar-refractivity contribution in [3.05, 3.63) is 17.5 Å². The van der Waals surface area contributed by atoms with Crippen molar-refractivity contribution < 1.29 is 9.47 Å². The van der Waals surface area contributed by atoms with E-state index in [-0.39, 0.29) is 0 Å². The molecule has 15 heavy (non-hydrogen) atoms. The Morgan fingerprint density at radius 2 is 1.93 bits per heavy atom. The molecule has 0 spiro atoms. The summed E-state index contributed by atoms with van der Waals surface area (Å²) in [5, 5.41) is 4.35. The molecular weight excluding hydrogens is 192 g/mol.